The maximum absolute atomic E-state index is 12.0. The van der Waals surface area contributed by atoms with Gasteiger partial charge in [-0.05, 0) is 30.9 Å². The van der Waals surface area contributed by atoms with Crippen LogP contribution < -0.4 is 5.32 Å². The van der Waals surface area contributed by atoms with Crippen LogP contribution in [0, 0.1) is 0 Å². The third kappa shape index (κ3) is 4.68. The van der Waals surface area contributed by atoms with Crippen LogP contribution in [0.2, 0.25) is 5.02 Å². The maximum atomic E-state index is 12.0. The zero-order chi connectivity index (χ0) is 15.3. The lowest BCUT2D eigenvalue weighted by molar-refractivity contribution is 0.288. The monoisotopic (exact) mass is 330 g/mol. The molecule has 1 N–H and O–H groups in total. The van der Waals surface area contributed by atoms with Crippen molar-refractivity contribution < 1.29 is 8.42 Å². The van der Waals surface area contributed by atoms with Gasteiger partial charge in [-0.1, -0.05) is 36.7 Å². The Morgan fingerprint density at radius 1 is 1.29 bits per heavy atom. The summed E-state index contributed by atoms with van der Waals surface area (Å²) in [6.07, 6.45) is 2.38. The quantitative estimate of drug-likeness (QED) is 0.872. The van der Waals surface area contributed by atoms with Gasteiger partial charge in [0.25, 0.3) is 0 Å². The zero-order valence-electron chi connectivity index (χ0n) is 12.4. The normalized spacial score (nSPS) is 18.0. The molecule has 0 radical (unpaired) electrons. The molecule has 0 unspecified atom stereocenters. The van der Waals surface area contributed by atoms with E-state index in [2.05, 4.69) is 5.32 Å². The van der Waals surface area contributed by atoms with Crippen molar-refractivity contribution in [1.82, 2.24) is 9.62 Å². The number of piperidine rings is 1. The Bertz CT molecular complexity index is 555. The lowest BCUT2D eigenvalue weighted by atomic mass is 10.1. The molecule has 0 atom stereocenters. The van der Waals surface area contributed by atoms with Gasteiger partial charge in [0.15, 0.2) is 0 Å². The van der Waals surface area contributed by atoms with Gasteiger partial charge >= 0.3 is 0 Å². The molecule has 1 heterocycles. The topological polar surface area (TPSA) is 49.4 Å². The van der Waals surface area contributed by atoms with Crippen LogP contribution in [0.4, 0.5) is 0 Å². The van der Waals surface area contributed by atoms with E-state index in [1.54, 1.807) is 4.31 Å². The highest BCUT2D eigenvalue weighted by atomic mass is 35.5. The predicted molar refractivity (Wildman–Crippen MR) is 87.0 cm³/mol. The van der Waals surface area contributed by atoms with Crippen LogP contribution in [0.25, 0.3) is 0 Å². The second-order valence-corrected chi connectivity index (χ2v) is 7.96. The van der Waals surface area contributed by atoms with Gasteiger partial charge in [0.2, 0.25) is 10.0 Å². The van der Waals surface area contributed by atoms with Crippen LogP contribution in [0.3, 0.4) is 0 Å². The molecular weight excluding hydrogens is 308 g/mol. The smallest absolute Gasteiger partial charge is 0.214 e. The second kappa shape index (κ2) is 7.58. The highest BCUT2D eigenvalue weighted by Gasteiger charge is 2.26. The van der Waals surface area contributed by atoms with Crippen molar-refractivity contribution in [1.29, 1.82) is 0 Å². The fourth-order valence-corrected chi connectivity index (χ4v) is 4.37. The summed E-state index contributed by atoms with van der Waals surface area (Å²) in [5.74, 6) is 0.255. The Kier molecular flexibility index (Phi) is 6.05. The molecule has 1 aromatic rings. The molecule has 6 heteroatoms. The lowest BCUT2D eigenvalue weighted by Crippen LogP contribution is -2.45. The number of hydrogen-bond acceptors (Lipinski definition) is 3. The standard InChI is InChI=1S/C15H23ClN2O2S/c1-2-11-21(19,20)18-9-7-14(8-10-18)17-12-13-5-3-4-6-15(13)16/h3-6,14,17H,2,7-12H2,1H3. The lowest BCUT2D eigenvalue weighted by Gasteiger charge is -2.31. The van der Waals surface area contributed by atoms with Crippen molar-refractivity contribution in [3.8, 4) is 0 Å². The van der Waals surface area contributed by atoms with Gasteiger partial charge in [-0.2, -0.15) is 0 Å². The first-order valence-electron chi connectivity index (χ1n) is 7.47. The first kappa shape index (κ1) is 16.7. The van der Waals surface area contributed by atoms with E-state index in [-0.39, 0.29) is 5.75 Å². The van der Waals surface area contributed by atoms with E-state index in [9.17, 15) is 8.42 Å². The van der Waals surface area contributed by atoms with Gasteiger partial charge in [0.05, 0.1) is 5.75 Å². The SMILES string of the molecule is CCCS(=O)(=O)N1CCC(NCc2ccccc2Cl)CC1. The average Bonchev–Trinajstić information content (AvgIpc) is 2.47. The van der Waals surface area contributed by atoms with E-state index in [4.69, 9.17) is 11.6 Å². The molecule has 1 saturated heterocycles. The fourth-order valence-electron chi connectivity index (χ4n) is 2.62. The number of halogens is 1. The molecule has 1 aromatic carbocycles. The molecule has 0 saturated carbocycles. The summed E-state index contributed by atoms with van der Waals surface area (Å²) < 4.78 is 25.6. The Morgan fingerprint density at radius 3 is 2.57 bits per heavy atom. The van der Waals surface area contributed by atoms with Crippen LogP contribution in [0.5, 0.6) is 0 Å². The summed E-state index contributed by atoms with van der Waals surface area (Å²) in [7, 11) is -3.05. The number of hydrogen-bond donors (Lipinski definition) is 1. The Labute approximate surface area is 132 Å². The van der Waals surface area contributed by atoms with E-state index in [0.29, 0.717) is 25.6 Å². The number of nitrogens with zero attached hydrogens (tertiary/aromatic N) is 1. The van der Waals surface area contributed by atoms with Gasteiger partial charge < -0.3 is 5.32 Å². The largest absolute Gasteiger partial charge is 0.310 e. The van der Waals surface area contributed by atoms with Crippen LogP contribution in [-0.2, 0) is 16.6 Å². The number of sulfonamides is 1. The summed E-state index contributed by atoms with van der Waals surface area (Å²) in [5, 5.41) is 4.25. The second-order valence-electron chi connectivity index (χ2n) is 5.46. The van der Waals surface area contributed by atoms with Crippen LogP contribution in [0.15, 0.2) is 24.3 Å². The van der Waals surface area contributed by atoms with Gasteiger partial charge in [-0.3, -0.25) is 0 Å². The van der Waals surface area contributed by atoms with E-state index < -0.39 is 10.0 Å². The predicted octanol–water partition coefficient (Wildman–Crippen LogP) is 2.63. The summed E-state index contributed by atoms with van der Waals surface area (Å²) in [6, 6.07) is 8.15. The van der Waals surface area contributed by atoms with Crippen molar-refractivity contribution in [2.45, 2.75) is 38.8 Å². The van der Waals surface area contributed by atoms with Gasteiger partial charge in [0.1, 0.15) is 0 Å². The van der Waals surface area contributed by atoms with Crippen LogP contribution in [-0.4, -0.2) is 37.6 Å². The highest BCUT2D eigenvalue weighted by molar-refractivity contribution is 7.89. The minimum atomic E-state index is -3.05. The molecule has 0 aliphatic carbocycles. The molecule has 1 fully saturated rings. The molecule has 1 aliphatic heterocycles. The number of nitrogens with one attached hydrogen (secondary N) is 1. The minimum Gasteiger partial charge on any atom is -0.310 e. The van der Waals surface area contributed by atoms with E-state index in [0.717, 1.165) is 30.0 Å². The molecule has 0 spiro atoms. The number of benzene rings is 1. The molecule has 2 rings (SSSR count). The fraction of sp³-hybridized carbons (Fsp3) is 0.600. The van der Waals surface area contributed by atoms with E-state index in [1.165, 1.54) is 0 Å². The Balaban J connectivity index is 1.81. The maximum Gasteiger partial charge on any atom is 0.214 e. The molecule has 0 amide bonds. The Morgan fingerprint density at radius 2 is 1.95 bits per heavy atom. The molecule has 21 heavy (non-hydrogen) atoms. The van der Waals surface area contributed by atoms with Crippen molar-refractivity contribution in [2.24, 2.45) is 0 Å². The third-order valence-corrected chi connectivity index (χ3v) is 6.29. The van der Waals surface area contributed by atoms with E-state index in [1.807, 2.05) is 31.2 Å². The van der Waals surface area contributed by atoms with Crippen molar-refractivity contribution in [3.63, 3.8) is 0 Å². The van der Waals surface area contributed by atoms with Gasteiger partial charge in [0, 0.05) is 30.7 Å². The summed E-state index contributed by atoms with van der Waals surface area (Å²) >= 11 is 6.13. The number of rotatable bonds is 6. The Hall–Kier alpha value is -0.620. The van der Waals surface area contributed by atoms with Gasteiger partial charge in [-0.15, -0.1) is 0 Å². The molecule has 0 bridgehead atoms. The van der Waals surface area contributed by atoms with Gasteiger partial charge in [-0.25, -0.2) is 12.7 Å². The molecule has 0 aromatic heterocycles. The molecule has 1 aliphatic rings. The summed E-state index contributed by atoms with van der Waals surface area (Å²) in [4.78, 5) is 0. The summed E-state index contributed by atoms with van der Waals surface area (Å²) in [6.45, 7) is 3.85. The molecular formula is C15H23ClN2O2S. The molecule has 4 nitrogen and oxygen atoms in total. The summed E-state index contributed by atoms with van der Waals surface area (Å²) in [5.41, 5.74) is 1.08. The minimum absolute atomic E-state index is 0.255. The van der Waals surface area contributed by atoms with Crippen LogP contribution in [0.1, 0.15) is 31.7 Å². The zero-order valence-corrected chi connectivity index (χ0v) is 14.0. The van der Waals surface area contributed by atoms with E-state index >= 15 is 0 Å². The average molecular weight is 331 g/mol. The first-order chi connectivity index (χ1) is 10.0. The first-order valence-corrected chi connectivity index (χ1v) is 9.46. The van der Waals surface area contributed by atoms with Crippen molar-refractivity contribution >= 4 is 21.6 Å². The molecule has 118 valence electrons. The third-order valence-electron chi connectivity index (χ3n) is 3.85. The van der Waals surface area contributed by atoms with Crippen molar-refractivity contribution in [2.75, 3.05) is 18.8 Å². The van der Waals surface area contributed by atoms with Crippen LogP contribution >= 0.6 is 11.6 Å². The van der Waals surface area contributed by atoms with Crippen molar-refractivity contribution in [3.05, 3.63) is 34.9 Å². The highest BCUT2D eigenvalue weighted by Crippen LogP contribution is 2.18.